The molecular weight excluding hydrogens is 387 g/mol. The number of benzene rings is 2. The Morgan fingerprint density at radius 2 is 0.710 bits per heavy atom. The zero-order chi connectivity index (χ0) is 24.0. The maximum absolute atomic E-state index is 2.44. The first-order valence-electron chi connectivity index (χ1n) is 12.2. The van der Waals surface area contributed by atoms with Crippen molar-refractivity contribution in [2.45, 2.75) is 117 Å². The second-order valence-electron chi connectivity index (χ2n) is 13.5. The molecule has 0 saturated heterocycles. The maximum Gasteiger partial charge on any atom is 0.347 e. The summed E-state index contributed by atoms with van der Waals surface area (Å²) in [7, 11) is 0. The Morgan fingerprint density at radius 1 is 0.484 bits per heavy atom. The summed E-state index contributed by atoms with van der Waals surface area (Å²) in [6, 6.07) is 14.2. The summed E-state index contributed by atoms with van der Waals surface area (Å²) in [4.78, 5) is 0. The van der Waals surface area contributed by atoms with Crippen LogP contribution in [0.3, 0.4) is 0 Å². The SMILES string of the molecule is C[CH2][Al]([c]1c(C(C)(C)C)cccc1C(C)(C)C)[c]1c(C(C)(C)C)cccc1C(C)(C)C. The molecule has 0 radical (unpaired) electrons. The van der Waals surface area contributed by atoms with Gasteiger partial charge in [0.05, 0.1) is 0 Å². The van der Waals surface area contributed by atoms with Crippen molar-refractivity contribution in [3.63, 3.8) is 0 Å². The van der Waals surface area contributed by atoms with Crippen LogP contribution in [-0.2, 0) is 21.7 Å². The molecule has 31 heavy (non-hydrogen) atoms. The van der Waals surface area contributed by atoms with Gasteiger partial charge in [0.25, 0.3) is 0 Å². The molecule has 2 aromatic rings. The second-order valence-corrected chi connectivity index (χ2v) is 16.6. The third kappa shape index (κ3) is 5.67. The molecule has 2 aromatic carbocycles. The van der Waals surface area contributed by atoms with Crippen LogP contribution in [0.25, 0.3) is 0 Å². The van der Waals surface area contributed by atoms with Gasteiger partial charge in [0.2, 0.25) is 0 Å². The lowest BCUT2D eigenvalue weighted by Crippen LogP contribution is -2.53. The van der Waals surface area contributed by atoms with E-state index in [1.165, 1.54) is 5.28 Å². The zero-order valence-corrected chi connectivity index (χ0v) is 23.9. The second kappa shape index (κ2) is 8.73. The van der Waals surface area contributed by atoms with Crippen molar-refractivity contribution in [1.29, 1.82) is 0 Å². The molecule has 0 aliphatic heterocycles. The fourth-order valence-corrected chi connectivity index (χ4v) is 9.77. The molecule has 0 aromatic heterocycles. The molecule has 0 bridgehead atoms. The van der Waals surface area contributed by atoms with E-state index in [0.29, 0.717) is 0 Å². The van der Waals surface area contributed by atoms with Crippen molar-refractivity contribution in [1.82, 2.24) is 0 Å². The van der Waals surface area contributed by atoms with E-state index < -0.39 is 14.1 Å². The van der Waals surface area contributed by atoms with Crippen molar-refractivity contribution >= 4 is 23.0 Å². The number of rotatable bonds is 3. The molecule has 0 unspecified atom stereocenters. The fraction of sp³-hybridized carbons (Fsp3) is 0.600. The molecule has 2 rings (SSSR count). The third-order valence-electron chi connectivity index (χ3n) is 6.55. The van der Waals surface area contributed by atoms with Gasteiger partial charge in [-0.15, -0.1) is 0 Å². The molecule has 0 saturated carbocycles. The highest BCUT2D eigenvalue weighted by molar-refractivity contribution is 6.86. The van der Waals surface area contributed by atoms with E-state index in [1.807, 2.05) is 0 Å². The minimum atomic E-state index is -1.49. The van der Waals surface area contributed by atoms with E-state index in [0.717, 1.165) is 0 Å². The molecular formula is C30H47Al. The minimum Gasteiger partial charge on any atom is -0.0970 e. The smallest absolute Gasteiger partial charge is 0.0970 e. The Morgan fingerprint density at radius 3 is 0.871 bits per heavy atom. The van der Waals surface area contributed by atoms with Gasteiger partial charge in [-0.05, 0) is 21.7 Å². The summed E-state index contributed by atoms with van der Waals surface area (Å²) in [6.07, 6.45) is 0. The van der Waals surface area contributed by atoms with Gasteiger partial charge < -0.3 is 0 Å². The Hall–Kier alpha value is -1.03. The Balaban J connectivity index is 3.07. The maximum atomic E-state index is 2.44. The molecule has 0 spiro atoms. The highest BCUT2D eigenvalue weighted by Gasteiger charge is 2.38. The van der Waals surface area contributed by atoms with E-state index in [-0.39, 0.29) is 21.7 Å². The van der Waals surface area contributed by atoms with Crippen LogP contribution in [0.15, 0.2) is 36.4 Å². The molecule has 0 heterocycles. The first-order valence-corrected chi connectivity index (χ1v) is 14.2. The van der Waals surface area contributed by atoms with Gasteiger partial charge in [-0.3, -0.25) is 0 Å². The standard InChI is InChI=1S/2C14H21.C2H5.Al/c2*1-13(2,3)11-8-7-9-12(10-11)14(4,5)6;1-2;/h2*7-9H,1-6H3;1H2,2H3;. The third-order valence-corrected chi connectivity index (χ3v) is 10.0. The van der Waals surface area contributed by atoms with Crippen LogP contribution < -0.4 is 8.85 Å². The minimum absolute atomic E-state index is 0.135. The van der Waals surface area contributed by atoms with Gasteiger partial charge >= 0.3 is 14.1 Å². The Kier molecular flexibility index (Phi) is 7.38. The van der Waals surface area contributed by atoms with E-state index in [9.17, 15) is 0 Å². The van der Waals surface area contributed by atoms with Crippen LogP contribution >= 0.6 is 0 Å². The van der Waals surface area contributed by atoms with Gasteiger partial charge in [0, 0.05) is 0 Å². The summed E-state index contributed by atoms with van der Waals surface area (Å²) >= 11 is -1.49. The first-order chi connectivity index (χ1) is 13.9. The van der Waals surface area contributed by atoms with Gasteiger partial charge in [-0.1, -0.05) is 163 Å². The largest absolute Gasteiger partial charge is 0.347 e. The molecule has 0 N–H and O–H groups in total. The summed E-state index contributed by atoms with van der Waals surface area (Å²) in [5.41, 5.74) is 6.77. The summed E-state index contributed by atoms with van der Waals surface area (Å²) in [5, 5.41) is 1.24. The van der Waals surface area contributed by atoms with Crippen LogP contribution in [0.2, 0.25) is 5.28 Å². The van der Waals surface area contributed by atoms with Crippen LogP contribution in [0.4, 0.5) is 0 Å². The lowest BCUT2D eigenvalue weighted by Gasteiger charge is -2.37. The van der Waals surface area contributed by atoms with Gasteiger partial charge in [0.1, 0.15) is 0 Å². The molecule has 0 nitrogen and oxygen atoms in total. The molecule has 170 valence electrons. The van der Waals surface area contributed by atoms with E-state index in [2.05, 4.69) is 126 Å². The lowest BCUT2D eigenvalue weighted by atomic mass is 9.80. The van der Waals surface area contributed by atoms with Crippen molar-refractivity contribution in [2.75, 3.05) is 0 Å². The van der Waals surface area contributed by atoms with Crippen LogP contribution in [-0.4, -0.2) is 14.1 Å². The monoisotopic (exact) mass is 434 g/mol. The predicted octanol–water partition coefficient (Wildman–Crippen LogP) is 7.51. The fourth-order valence-electron chi connectivity index (χ4n) is 5.05. The molecule has 0 atom stereocenters. The molecule has 1 heteroatoms. The Labute approximate surface area is 198 Å². The summed E-state index contributed by atoms with van der Waals surface area (Å²) < 4.78 is 3.40. The van der Waals surface area contributed by atoms with E-state index in [1.54, 1.807) is 31.1 Å². The molecule has 0 aliphatic carbocycles. The molecule has 0 amide bonds. The zero-order valence-electron chi connectivity index (χ0n) is 22.7. The van der Waals surface area contributed by atoms with Crippen LogP contribution in [0.1, 0.15) is 112 Å². The van der Waals surface area contributed by atoms with Gasteiger partial charge in [-0.2, -0.15) is 0 Å². The average Bonchev–Trinajstić information content (AvgIpc) is 2.59. The predicted molar refractivity (Wildman–Crippen MR) is 143 cm³/mol. The average molecular weight is 435 g/mol. The van der Waals surface area contributed by atoms with Crippen molar-refractivity contribution in [3.05, 3.63) is 58.7 Å². The highest BCUT2D eigenvalue weighted by atomic mass is 27.2. The van der Waals surface area contributed by atoms with E-state index >= 15 is 0 Å². The molecule has 0 fully saturated rings. The molecule has 0 aliphatic rings. The van der Waals surface area contributed by atoms with Crippen molar-refractivity contribution < 1.29 is 0 Å². The summed E-state index contributed by atoms with van der Waals surface area (Å²) in [6.45, 7) is 31.1. The van der Waals surface area contributed by atoms with Gasteiger partial charge in [0.15, 0.2) is 0 Å². The quantitative estimate of drug-likeness (QED) is 0.439. The van der Waals surface area contributed by atoms with Gasteiger partial charge in [-0.25, -0.2) is 0 Å². The first kappa shape index (κ1) is 26.2. The normalized spacial score (nSPS) is 13.5. The Bertz CT molecular complexity index is 765. The number of hydrogen-bond donors (Lipinski definition) is 0. The van der Waals surface area contributed by atoms with Crippen LogP contribution in [0, 0.1) is 0 Å². The lowest BCUT2D eigenvalue weighted by molar-refractivity contribution is 0.573. The topological polar surface area (TPSA) is 0 Å². The summed E-state index contributed by atoms with van der Waals surface area (Å²) in [5.74, 6) is 0. The highest BCUT2D eigenvalue weighted by Crippen LogP contribution is 2.32. The van der Waals surface area contributed by atoms with Crippen molar-refractivity contribution in [2.24, 2.45) is 0 Å². The van der Waals surface area contributed by atoms with Crippen molar-refractivity contribution in [3.8, 4) is 0 Å². The van der Waals surface area contributed by atoms with E-state index in [4.69, 9.17) is 0 Å². The number of hydrogen-bond acceptors (Lipinski definition) is 0. The van der Waals surface area contributed by atoms with Crippen LogP contribution in [0.5, 0.6) is 0 Å².